The van der Waals surface area contributed by atoms with E-state index in [9.17, 15) is 9.90 Å². The van der Waals surface area contributed by atoms with Crippen LogP contribution in [-0.4, -0.2) is 88.3 Å². The first kappa shape index (κ1) is 29.5. The monoisotopic (exact) mass is 534 g/mol. The molecule has 9 heteroatoms. The smallest absolute Gasteiger partial charge is 0.414 e. The third kappa shape index (κ3) is 9.33. The van der Waals surface area contributed by atoms with Gasteiger partial charge in [0.15, 0.2) is 5.78 Å². The van der Waals surface area contributed by atoms with Crippen LogP contribution in [0.3, 0.4) is 0 Å². The van der Waals surface area contributed by atoms with Crippen LogP contribution < -0.4 is 4.74 Å². The van der Waals surface area contributed by atoms with Crippen molar-refractivity contribution in [3.8, 4) is 5.75 Å². The van der Waals surface area contributed by atoms with Crippen LogP contribution in [0.1, 0.15) is 34.5 Å². The minimum absolute atomic E-state index is 0.0301. The van der Waals surface area contributed by atoms with Crippen LogP contribution >= 0.6 is 0 Å². The molecule has 0 aromatic heterocycles. The summed E-state index contributed by atoms with van der Waals surface area (Å²) in [6.45, 7) is 6.04. The Balaban J connectivity index is 0.000000631. The van der Waals surface area contributed by atoms with Crippen LogP contribution in [0.15, 0.2) is 84.9 Å². The van der Waals surface area contributed by atoms with Crippen LogP contribution in [0.4, 0.5) is 0 Å². The highest BCUT2D eigenvalue weighted by atomic mass is 16.5. The number of benzene rings is 3. The minimum atomic E-state index is -1.82. The number of carbonyl (C=O) groups excluding carboxylic acids is 1. The van der Waals surface area contributed by atoms with Gasteiger partial charge in [-0.3, -0.25) is 14.6 Å². The maximum Gasteiger partial charge on any atom is 0.414 e. The van der Waals surface area contributed by atoms with Gasteiger partial charge in [-0.05, 0) is 42.3 Å². The van der Waals surface area contributed by atoms with Crippen molar-refractivity contribution in [2.45, 2.75) is 19.1 Å². The minimum Gasteiger partial charge on any atom is -0.491 e. The number of aliphatic carboxylic acids is 2. The number of Topliss-reactive ketones (excluding diaryl/α,β-unsaturated/α-hetero) is 1. The van der Waals surface area contributed by atoms with Crippen LogP contribution in [0.2, 0.25) is 0 Å². The van der Waals surface area contributed by atoms with Gasteiger partial charge in [0.1, 0.15) is 18.5 Å². The number of nitrogens with zero attached hydrogens (tertiary/aromatic N) is 2. The first-order chi connectivity index (χ1) is 18.7. The molecular formula is C30H34N2O7. The molecule has 1 atom stereocenters. The van der Waals surface area contributed by atoms with Gasteiger partial charge in [-0.1, -0.05) is 60.7 Å². The van der Waals surface area contributed by atoms with Gasteiger partial charge in [0.25, 0.3) is 0 Å². The lowest BCUT2D eigenvalue weighted by Crippen LogP contribution is -2.50. The fourth-order valence-electron chi connectivity index (χ4n) is 4.42. The molecule has 9 nitrogen and oxygen atoms in total. The van der Waals surface area contributed by atoms with Crippen LogP contribution in [0.5, 0.6) is 5.75 Å². The average molecular weight is 535 g/mol. The lowest BCUT2D eigenvalue weighted by Gasteiger charge is -2.40. The van der Waals surface area contributed by atoms with E-state index in [0.29, 0.717) is 17.9 Å². The number of hydrogen-bond acceptors (Lipinski definition) is 7. The standard InChI is InChI=1S/C28H32N2O3.C2H2O4/c1-22(31)23-12-14-27(15-13-23)33-21-26(32)20-29-16-18-30(19-17-29)28(24-8-4-2-5-9-24)25-10-6-3-7-11-25;3-1(4)2(5)6/h2-15,26,28,32H,16-21H2,1H3;(H,3,4)(H,5,6). The second-order valence-electron chi connectivity index (χ2n) is 9.22. The maximum absolute atomic E-state index is 11.4. The summed E-state index contributed by atoms with van der Waals surface area (Å²) in [5.41, 5.74) is 3.27. The topological polar surface area (TPSA) is 128 Å². The molecule has 39 heavy (non-hydrogen) atoms. The average Bonchev–Trinajstić information content (AvgIpc) is 2.95. The lowest BCUT2D eigenvalue weighted by molar-refractivity contribution is -0.159. The van der Waals surface area contributed by atoms with Crippen molar-refractivity contribution in [3.05, 3.63) is 102 Å². The van der Waals surface area contributed by atoms with E-state index in [2.05, 4.69) is 70.5 Å². The van der Waals surface area contributed by atoms with Crippen molar-refractivity contribution in [2.75, 3.05) is 39.3 Å². The summed E-state index contributed by atoms with van der Waals surface area (Å²) in [7, 11) is 0. The molecule has 3 aromatic rings. The second kappa shape index (κ2) is 14.8. The summed E-state index contributed by atoms with van der Waals surface area (Å²) in [6, 6.07) is 28.6. The van der Waals surface area contributed by atoms with Crippen LogP contribution in [-0.2, 0) is 9.59 Å². The molecule has 0 spiro atoms. The fraction of sp³-hybridized carbons (Fsp3) is 0.300. The molecule has 3 aromatic carbocycles. The van der Waals surface area contributed by atoms with Gasteiger partial charge in [-0.25, -0.2) is 9.59 Å². The molecule has 4 rings (SSSR count). The predicted octanol–water partition coefficient (Wildman–Crippen LogP) is 3.19. The molecule has 206 valence electrons. The number of aliphatic hydroxyl groups is 1. The summed E-state index contributed by atoms with van der Waals surface area (Å²) in [6.07, 6.45) is -0.567. The van der Waals surface area contributed by atoms with E-state index in [4.69, 9.17) is 24.5 Å². The molecule has 0 amide bonds. The first-order valence-corrected chi connectivity index (χ1v) is 12.7. The van der Waals surface area contributed by atoms with Crippen molar-refractivity contribution in [1.82, 2.24) is 9.80 Å². The van der Waals surface area contributed by atoms with Crippen LogP contribution in [0, 0.1) is 0 Å². The van der Waals surface area contributed by atoms with Crippen molar-refractivity contribution < 1.29 is 34.4 Å². The molecule has 1 heterocycles. The van der Waals surface area contributed by atoms with E-state index in [1.807, 2.05) is 0 Å². The molecule has 1 saturated heterocycles. The zero-order valence-electron chi connectivity index (χ0n) is 21.8. The highest BCUT2D eigenvalue weighted by Crippen LogP contribution is 2.29. The Hall–Kier alpha value is -4.05. The Bertz CT molecular complexity index is 1140. The number of ketones is 1. The molecule has 0 saturated carbocycles. The molecule has 0 aliphatic carbocycles. The summed E-state index contributed by atoms with van der Waals surface area (Å²) < 4.78 is 5.72. The highest BCUT2D eigenvalue weighted by Gasteiger charge is 2.27. The molecule has 1 unspecified atom stereocenters. The Morgan fingerprint density at radius 1 is 0.769 bits per heavy atom. The number of carboxylic acid groups (broad SMARTS) is 2. The molecule has 1 aliphatic rings. The van der Waals surface area contributed by atoms with E-state index >= 15 is 0 Å². The number of β-amino-alcohol motifs (C(OH)–C–C–N with tert-alkyl or cyclic N) is 1. The first-order valence-electron chi connectivity index (χ1n) is 12.7. The normalized spacial score (nSPS) is 14.6. The maximum atomic E-state index is 11.4. The van der Waals surface area contributed by atoms with Crippen molar-refractivity contribution in [1.29, 1.82) is 0 Å². The van der Waals surface area contributed by atoms with E-state index < -0.39 is 18.0 Å². The van der Waals surface area contributed by atoms with Crippen molar-refractivity contribution >= 4 is 17.7 Å². The van der Waals surface area contributed by atoms with E-state index in [1.165, 1.54) is 11.1 Å². The van der Waals surface area contributed by atoms with Crippen LogP contribution in [0.25, 0.3) is 0 Å². The Kier molecular flexibility index (Phi) is 11.2. The number of piperazine rings is 1. The number of carboxylic acids is 2. The van der Waals surface area contributed by atoms with Gasteiger partial charge in [-0.2, -0.15) is 0 Å². The van der Waals surface area contributed by atoms with Gasteiger partial charge >= 0.3 is 11.9 Å². The highest BCUT2D eigenvalue weighted by molar-refractivity contribution is 6.27. The molecule has 0 bridgehead atoms. The molecule has 3 N–H and O–H groups in total. The number of carbonyl (C=O) groups is 3. The zero-order chi connectivity index (χ0) is 28.2. The summed E-state index contributed by atoms with van der Waals surface area (Å²) in [5, 5.41) is 25.3. The van der Waals surface area contributed by atoms with Crippen molar-refractivity contribution in [3.63, 3.8) is 0 Å². The van der Waals surface area contributed by atoms with Gasteiger partial charge in [-0.15, -0.1) is 0 Å². The van der Waals surface area contributed by atoms with Crippen molar-refractivity contribution in [2.24, 2.45) is 0 Å². The van der Waals surface area contributed by atoms with E-state index in [-0.39, 0.29) is 18.4 Å². The van der Waals surface area contributed by atoms with Gasteiger partial charge in [0.2, 0.25) is 0 Å². The van der Waals surface area contributed by atoms with Gasteiger partial charge in [0, 0.05) is 38.3 Å². The Labute approximate surface area is 227 Å². The molecule has 0 radical (unpaired) electrons. The van der Waals surface area contributed by atoms with E-state index in [1.54, 1.807) is 31.2 Å². The number of aliphatic hydroxyl groups excluding tert-OH is 1. The Morgan fingerprint density at radius 2 is 1.26 bits per heavy atom. The van der Waals surface area contributed by atoms with Gasteiger partial charge < -0.3 is 20.1 Å². The van der Waals surface area contributed by atoms with Gasteiger partial charge in [0.05, 0.1) is 6.04 Å². The molecule has 1 aliphatic heterocycles. The third-order valence-corrected chi connectivity index (χ3v) is 6.36. The summed E-state index contributed by atoms with van der Waals surface area (Å²) in [4.78, 5) is 34.4. The zero-order valence-corrected chi connectivity index (χ0v) is 21.8. The second-order valence-corrected chi connectivity index (χ2v) is 9.22. The SMILES string of the molecule is CC(=O)c1ccc(OCC(O)CN2CCN(C(c3ccccc3)c3ccccc3)CC2)cc1.O=C(O)C(=O)O. The van der Waals surface area contributed by atoms with E-state index in [0.717, 1.165) is 26.2 Å². The number of rotatable bonds is 9. The molecule has 1 fully saturated rings. The summed E-state index contributed by atoms with van der Waals surface area (Å²) >= 11 is 0. The number of hydrogen-bond donors (Lipinski definition) is 3. The third-order valence-electron chi connectivity index (χ3n) is 6.36. The quantitative estimate of drug-likeness (QED) is 0.280. The molecular weight excluding hydrogens is 500 g/mol. The Morgan fingerprint density at radius 3 is 1.69 bits per heavy atom. The predicted molar refractivity (Wildman–Crippen MR) is 146 cm³/mol. The summed E-state index contributed by atoms with van der Waals surface area (Å²) in [5.74, 6) is -2.95. The number of ether oxygens (including phenoxy) is 1. The fourth-order valence-corrected chi connectivity index (χ4v) is 4.42. The largest absolute Gasteiger partial charge is 0.491 e. The lowest BCUT2D eigenvalue weighted by atomic mass is 9.96.